The van der Waals surface area contributed by atoms with Crippen LogP contribution >= 0.6 is 0 Å². The minimum absolute atomic E-state index is 0.111. The first kappa shape index (κ1) is 15.4. The normalized spacial score (nSPS) is 13.9. The van der Waals surface area contributed by atoms with Crippen molar-refractivity contribution >= 4 is 11.2 Å². The summed E-state index contributed by atoms with van der Waals surface area (Å²) in [5, 5.41) is 10.2. The highest BCUT2D eigenvalue weighted by atomic mass is 16.5. The Kier molecular flexibility index (Phi) is 4.52. The summed E-state index contributed by atoms with van der Waals surface area (Å²) in [7, 11) is 1.56. The van der Waals surface area contributed by atoms with Gasteiger partial charge < -0.3 is 14.4 Å². The van der Waals surface area contributed by atoms with Gasteiger partial charge in [-0.15, -0.1) is 0 Å². The van der Waals surface area contributed by atoms with Crippen molar-refractivity contribution in [2.24, 2.45) is 0 Å². The minimum Gasteiger partial charge on any atom is -0.479 e. The molecule has 1 aromatic carbocycles. The van der Waals surface area contributed by atoms with Gasteiger partial charge in [-0.05, 0) is 25.3 Å². The zero-order valence-electron chi connectivity index (χ0n) is 13.3. The molecule has 23 heavy (non-hydrogen) atoms. The fourth-order valence-corrected chi connectivity index (χ4v) is 2.79. The molecule has 0 aliphatic rings. The lowest BCUT2D eigenvalue weighted by Gasteiger charge is -2.22. The van der Waals surface area contributed by atoms with Crippen LogP contribution < -0.4 is 4.74 Å². The number of aliphatic hydroxyl groups is 1. The molecule has 0 saturated heterocycles. The van der Waals surface area contributed by atoms with Crippen LogP contribution in [-0.2, 0) is 6.42 Å². The fourth-order valence-electron chi connectivity index (χ4n) is 2.79. The number of hydrogen-bond acceptors (Lipinski definition) is 5. The Labute approximate surface area is 134 Å². The van der Waals surface area contributed by atoms with Crippen molar-refractivity contribution in [3.63, 3.8) is 0 Å². The maximum atomic E-state index is 10.2. The van der Waals surface area contributed by atoms with Crippen molar-refractivity contribution in [2.45, 2.75) is 31.9 Å². The number of rotatable bonds is 6. The molecule has 0 aliphatic heterocycles. The number of aryl methyl sites for hydroxylation is 1. The van der Waals surface area contributed by atoms with E-state index in [1.54, 1.807) is 20.4 Å². The molecule has 2 aromatic heterocycles. The van der Waals surface area contributed by atoms with Gasteiger partial charge in [0.05, 0.1) is 25.6 Å². The summed E-state index contributed by atoms with van der Waals surface area (Å²) in [6, 6.07) is 10.1. The highest BCUT2D eigenvalue weighted by Crippen LogP contribution is 2.26. The van der Waals surface area contributed by atoms with E-state index in [-0.39, 0.29) is 6.04 Å². The third-order valence-corrected chi connectivity index (χ3v) is 4.00. The summed E-state index contributed by atoms with van der Waals surface area (Å²) in [5.41, 5.74) is 2.53. The number of fused-ring (bicyclic) bond motifs is 1. The lowest BCUT2D eigenvalue weighted by Crippen LogP contribution is -2.22. The van der Waals surface area contributed by atoms with Crippen LogP contribution in [0.1, 0.15) is 24.9 Å². The third kappa shape index (κ3) is 3.17. The predicted molar refractivity (Wildman–Crippen MR) is 87.4 cm³/mol. The number of aliphatic hydroxyl groups excluding tert-OH is 1. The zero-order valence-corrected chi connectivity index (χ0v) is 13.3. The topological polar surface area (TPSA) is 73.1 Å². The van der Waals surface area contributed by atoms with Gasteiger partial charge >= 0.3 is 0 Å². The molecule has 0 radical (unpaired) electrons. The summed E-state index contributed by atoms with van der Waals surface area (Å²) in [6.07, 6.45) is 4.30. The van der Waals surface area contributed by atoms with Gasteiger partial charge in [-0.3, -0.25) is 0 Å². The summed E-state index contributed by atoms with van der Waals surface area (Å²) in [5.74, 6) is 0.446. The van der Waals surface area contributed by atoms with Gasteiger partial charge in [0.2, 0.25) is 5.88 Å². The quantitative estimate of drug-likeness (QED) is 0.756. The monoisotopic (exact) mass is 312 g/mol. The maximum absolute atomic E-state index is 10.2. The number of aromatic nitrogens is 4. The molecule has 3 rings (SSSR count). The van der Waals surface area contributed by atoms with Gasteiger partial charge in [-0.2, -0.15) is 4.98 Å². The number of hydrogen-bond donors (Lipinski definition) is 1. The Hall–Kier alpha value is -2.47. The van der Waals surface area contributed by atoms with Gasteiger partial charge in [0, 0.05) is 0 Å². The zero-order chi connectivity index (χ0) is 16.2. The minimum atomic E-state index is -0.517. The van der Waals surface area contributed by atoms with Crippen molar-refractivity contribution in [2.75, 3.05) is 7.11 Å². The highest BCUT2D eigenvalue weighted by Gasteiger charge is 2.21. The average molecular weight is 312 g/mol. The van der Waals surface area contributed by atoms with E-state index in [2.05, 4.69) is 27.1 Å². The van der Waals surface area contributed by atoms with E-state index < -0.39 is 6.10 Å². The van der Waals surface area contributed by atoms with Gasteiger partial charge in [-0.1, -0.05) is 30.3 Å². The molecule has 0 amide bonds. The van der Waals surface area contributed by atoms with Crippen molar-refractivity contribution in [3.8, 4) is 5.88 Å². The first-order valence-electron chi connectivity index (χ1n) is 7.64. The lowest BCUT2D eigenvalue weighted by molar-refractivity contribution is 0.126. The van der Waals surface area contributed by atoms with Gasteiger partial charge in [0.25, 0.3) is 0 Å². The molecule has 0 aliphatic carbocycles. The summed E-state index contributed by atoms with van der Waals surface area (Å²) in [4.78, 5) is 12.7. The second-order valence-corrected chi connectivity index (χ2v) is 5.54. The fraction of sp³-hybridized carbons (Fsp3) is 0.353. The van der Waals surface area contributed by atoms with Crippen LogP contribution in [-0.4, -0.2) is 37.8 Å². The third-order valence-electron chi connectivity index (χ3n) is 4.00. The average Bonchev–Trinajstić information content (AvgIpc) is 3.00. The Morgan fingerprint density at radius 1 is 1.17 bits per heavy atom. The Morgan fingerprint density at radius 2 is 1.96 bits per heavy atom. The molecule has 3 aromatic rings. The predicted octanol–water partition coefficient (Wildman–Crippen LogP) is 2.39. The molecule has 120 valence electrons. The molecule has 0 unspecified atom stereocenters. The van der Waals surface area contributed by atoms with Crippen LogP contribution in [0.2, 0.25) is 0 Å². The number of imidazole rings is 1. The summed E-state index contributed by atoms with van der Waals surface area (Å²) >= 11 is 0. The number of nitrogens with zero attached hydrogens (tertiary/aromatic N) is 4. The van der Waals surface area contributed by atoms with E-state index >= 15 is 0 Å². The number of ether oxygens (including phenoxy) is 1. The van der Waals surface area contributed by atoms with E-state index in [9.17, 15) is 5.11 Å². The second-order valence-electron chi connectivity index (χ2n) is 5.54. The van der Waals surface area contributed by atoms with Gasteiger partial charge in [0.15, 0.2) is 11.2 Å². The van der Waals surface area contributed by atoms with Crippen molar-refractivity contribution in [3.05, 3.63) is 48.5 Å². The molecule has 6 heteroatoms. The van der Waals surface area contributed by atoms with E-state index in [1.165, 1.54) is 11.9 Å². The van der Waals surface area contributed by atoms with Crippen LogP contribution in [0.5, 0.6) is 5.88 Å². The summed E-state index contributed by atoms with van der Waals surface area (Å²) in [6.45, 7) is 1.79. The SMILES string of the molecule is COc1ncnc2c1ncn2[C@H](CCc1ccccc1)[C@H](C)O. The molecular formula is C17H20N4O2. The lowest BCUT2D eigenvalue weighted by atomic mass is 10.0. The first-order valence-corrected chi connectivity index (χ1v) is 7.64. The Morgan fingerprint density at radius 3 is 2.65 bits per heavy atom. The molecule has 6 nitrogen and oxygen atoms in total. The van der Waals surface area contributed by atoms with E-state index in [0.717, 1.165) is 12.8 Å². The Balaban J connectivity index is 1.89. The molecule has 0 spiro atoms. The molecule has 0 fully saturated rings. The molecule has 0 bridgehead atoms. The molecular weight excluding hydrogens is 292 g/mol. The molecule has 1 N–H and O–H groups in total. The molecule has 2 atom stereocenters. The van der Waals surface area contributed by atoms with Gasteiger partial charge in [0.1, 0.15) is 6.33 Å². The molecule has 0 saturated carbocycles. The van der Waals surface area contributed by atoms with Crippen molar-refractivity contribution in [1.29, 1.82) is 0 Å². The smallest absolute Gasteiger partial charge is 0.245 e. The largest absolute Gasteiger partial charge is 0.479 e. The van der Waals surface area contributed by atoms with Crippen LogP contribution in [0.25, 0.3) is 11.2 Å². The van der Waals surface area contributed by atoms with Crippen molar-refractivity contribution < 1.29 is 9.84 Å². The first-order chi connectivity index (χ1) is 11.2. The van der Waals surface area contributed by atoms with E-state index in [0.29, 0.717) is 17.0 Å². The van der Waals surface area contributed by atoms with Crippen LogP contribution in [0.4, 0.5) is 0 Å². The van der Waals surface area contributed by atoms with Gasteiger partial charge in [-0.25, -0.2) is 9.97 Å². The van der Waals surface area contributed by atoms with Crippen LogP contribution in [0, 0.1) is 0 Å². The maximum Gasteiger partial charge on any atom is 0.245 e. The van der Waals surface area contributed by atoms with Crippen molar-refractivity contribution in [1.82, 2.24) is 19.5 Å². The standard InChI is InChI=1S/C17H20N4O2/c1-12(22)14(9-8-13-6-4-3-5-7-13)21-11-20-15-16(21)18-10-19-17(15)23-2/h3-7,10-12,14,22H,8-9H2,1-2H3/t12-,14+/m0/s1. The molecule has 2 heterocycles. The van der Waals surface area contributed by atoms with Crippen LogP contribution in [0.15, 0.2) is 43.0 Å². The number of methoxy groups -OCH3 is 1. The highest BCUT2D eigenvalue weighted by molar-refractivity contribution is 5.76. The number of benzene rings is 1. The van der Waals surface area contributed by atoms with Crippen LogP contribution in [0.3, 0.4) is 0 Å². The van der Waals surface area contributed by atoms with E-state index in [4.69, 9.17) is 4.74 Å². The second kappa shape index (κ2) is 6.75. The van der Waals surface area contributed by atoms with E-state index in [1.807, 2.05) is 22.8 Å². The summed E-state index contributed by atoms with van der Waals surface area (Å²) < 4.78 is 7.13. The Bertz CT molecular complexity index is 771.